The summed E-state index contributed by atoms with van der Waals surface area (Å²) >= 11 is 6.37. The van der Waals surface area contributed by atoms with Crippen molar-refractivity contribution < 1.29 is 43.3 Å². The number of benzene rings is 2. The minimum atomic E-state index is -4.85. The molecule has 2 aliphatic rings. The Morgan fingerprint density at radius 1 is 1.00 bits per heavy atom. The quantitative estimate of drug-likeness (QED) is 0.129. The smallest absolute Gasteiger partial charge is 0.340 e. The summed E-state index contributed by atoms with van der Waals surface area (Å²) in [4.78, 5) is 43.1. The van der Waals surface area contributed by atoms with Gasteiger partial charge in [0.25, 0.3) is 0 Å². The fourth-order valence-corrected chi connectivity index (χ4v) is 8.49. The van der Waals surface area contributed by atoms with Crippen LogP contribution in [0.4, 0.5) is 5.82 Å². The van der Waals surface area contributed by atoms with Crippen LogP contribution in [-0.2, 0) is 23.8 Å². The van der Waals surface area contributed by atoms with Crippen LogP contribution in [0.5, 0.6) is 0 Å². The second kappa shape index (κ2) is 11.6. The zero-order valence-corrected chi connectivity index (χ0v) is 25.8. The highest BCUT2D eigenvalue weighted by Crippen LogP contribution is 2.55. The molecule has 0 radical (unpaired) electrons. The molecule has 5 N–H and O–H groups in total. The molecule has 1 unspecified atom stereocenters. The Balaban J connectivity index is 1.26. The van der Waals surface area contributed by atoms with Gasteiger partial charge in [-0.3, -0.25) is 13.7 Å². The van der Waals surface area contributed by atoms with Gasteiger partial charge in [0.15, 0.2) is 29.1 Å². The number of aromatic nitrogens is 4. The van der Waals surface area contributed by atoms with Gasteiger partial charge in [-0.25, -0.2) is 4.98 Å². The second-order valence-corrected chi connectivity index (χ2v) is 15.4. The molecule has 0 spiro atoms. The van der Waals surface area contributed by atoms with Gasteiger partial charge in [-0.05, 0) is 29.7 Å². The lowest BCUT2D eigenvalue weighted by molar-refractivity contribution is -0.0483. The van der Waals surface area contributed by atoms with Crippen LogP contribution in [0.1, 0.15) is 22.9 Å². The van der Waals surface area contributed by atoms with Crippen LogP contribution >= 0.6 is 26.8 Å². The lowest BCUT2D eigenvalue weighted by Crippen LogP contribution is -2.60. The summed E-state index contributed by atoms with van der Waals surface area (Å²) in [7, 11) is -9.56. The normalized spacial score (nSPS) is 24.8. The van der Waals surface area contributed by atoms with E-state index in [1.807, 2.05) is 30.0 Å². The molecule has 0 amide bonds. The van der Waals surface area contributed by atoms with Crippen molar-refractivity contribution in [1.29, 1.82) is 0 Å². The van der Waals surface area contributed by atoms with E-state index < -0.39 is 52.2 Å². The van der Waals surface area contributed by atoms with Gasteiger partial charge in [0.05, 0.1) is 18.3 Å². The Morgan fingerprint density at radius 2 is 1.66 bits per heavy atom. The summed E-state index contributed by atoms with van der Waals surface area (Å²) in [6.45, 7) is 2.47. The molecular formula is C27H30ClN5O9P2. The molecule has 0 aliphatic carbocycles. The number of halogens is 1. The number of imidazole rings is 1. The molecule has 2 fully saturated rings. The van der Waals surface area contributed by atoms with E-state index in [9.17, 15) is 24.2 Å². The van der Waals surface area contributed by atoms with Gasteiger partial charge in [-0.1, -0.05) is 60.2 Å². The molecule has 0 bridgehead atoms. The molecule has 6 rings (SSSR count). The monoisotopic (exact) mass is 665 g/mol. The van der Waals surface area contributed by atoms with E-state index in [-0.39, 0.29) is 16.3 Å². The maximum Gasteiger partial charge on any atom is 0.340 e. The first kappa shape index (κ1) is 31.3. The summed E-state index contributed by atoms with van der Waals surface area (Å²) in [5.41, 5.74) is 3.76. The number of nitrogens with zero attached hydrogens (tertiary/aromatic N) is 5. The number of anilines is 1. The lowest BCUT2D eigenvalue weighted by Gasteiger charge is -2.51. The molecular weight excluding hydrogens is 636 g/mol. The zero-order valence-electron chi connectivity index (χ0n) is 23.3. The maximum absolute atomic E-state index is 12.1. The molecule has 14 nitrogen and oxygen atoms in total. The molecule has 5 atom stereocenters. The standard InChI is InChI=1S/C27H30ClN5O9P2/c1-16-7-9-18(10-8-16)27(17-5-3-2-4-6-17)12-32(13-27)23-20-24(31-26(28)30-23)33(14-29-20)25-22(35)21(34)19(42-25)11-41-44(39,40)15-43(36,37)38/h2-10,14,19,21-22,25,34-35H,11-13,15H2,1H3,(H,39,40)(H2,36,37,38)/t19-,21-,22-,25-/m1/s1. The first-order chi connectivity index (χ1) is 20.8. The molecule has 234 valence electrons. The fraction of sp³-hybridized carbons (Fsp3) is 0.370. The Bertz CT molecular complexity index is 1760. The van der Waals surface area contributed by atoms with Crippen LogP contribution in [-0.4, -0.2) is 88.3 Å². The predicted octanol–water partition coefficient (Wildman–Crippen LogP) is 2.55. The van der Waals surface area contributed by atoms with Gasteiger partial charge in [-0.15, -0.1) is 0 Å². The van der Waals surface area contributed by atoms with Crippen molar-refractivity contribution in [1.82, 2.24) is 19.5 Å². The van der Waals surface area contributed by atoms with E-state index in [1.54, 1.807) is 0 Å². The van der Waals surface area contributed by atoms with Crippen molar-refractivity contribution in [3.63, 3.8) is 0 Å². The Kier molecular flexibility index (Phi) is 8.21. The van der Waals surface area contributed by atoms with Crippen LogP contribution in [0.15, 0.2) is 60.9 Å². The molecule has 44 heavy (non-hydrogen) atoms. The van der Waals surface area contributed by atoms with Crippen LogP contribution in [0.3, 0.4) is 0 Å². The van der Waals surface area contributed by atoms with Crippen LogP contribution in [0, 0.1) is 6.92 Å². The van der Waals surface area contributed by atoms with Crippen molar-refractivity contribution in [2.75, 3.05) is 30.5 Å². The highest BCUT2D eigenvalue weighted by Gasteiger charge is 2.48. The molecule has 2 saturated heterocycles. The van der Waals surface area contributed by atoms with Gasteiger partial charge < -0.3 is 39.1 Å². The Hall–Kier alpha value is -2.74. The minimum absolute atomic E-state index is 0.0756. The van der Waals surface area contributed by atoms with E-state index in [1.165, 1.54) is 10.9 Å². The summed E-state index contributed by atoms with van der Waals surface area (Å²) in [6, 6.07) is 18.6. The summed E-state index contributed by atoms with van der Waals surface area (Å²) in [6.07, 6.45) is -4.29. The Morgan fingerprint density at radius 3 is 2.32 bits per heavy atom. The summed E-state index contributed by atoms with van der Waals surface area (Å²) in [5.74, 6) is -0.922. The fourth-order valence-electron chi connectivity index (χ4n) is 5.76. The molecule has 17 heteroatoms. The van der Waals surface area contributed by atoms with E-state index in [2.05, 4.69) is 51.4 Å². The van der Waals surface area contributed by atoms with Gasteiger partial charge in [0.1, 0.15) is 18.3 Å². The van der Waals surface area contributed by atoms with Crippen molar-refractivity contribution in [2.45, 2.75) is 36.9 Å². The third kappa shape index (κ3) is 5.95. The highest BCUT2D eigenvalue weighted by atomic mass is 35.5. The minimum Gasteiger partial charge on any atom is -0.387 e. The number of aryl methyl sites for hydroxylation is 1. The number of ether oxygens (including phenoxy) is 1. The highest BCUT2D eigenvalue weighted by molar-refractivity contribution is 7.70. The van der Waals surface area contributed by atoms with Gasteiger partial charge in [0.2, 0.25) is 5.28 Å². The SMILES string of the molecule is Cc1ccc(C2(c3ccccc3)CN(c3nc(Cl)nc4c3ncn4[C@@H]3O[C@H](COP(=O)(O)CP(=O)(O)O)[C@@H](O)[C@H]3O)C2)cc1. The first-order valence-electron chi connectivity index (χ1n) is 13.6. The number of rotatable bonds is 9. The lowest BCUT2D eigenvalue weighted by atomic mass is 9.68. The number of fused-ring (bicyclic) bond motifs is 1. The van der Waals surface area contributed by atoms with Crippen molar-refractivity contribution >= 4 is 43.8 Å². The van der Waals surface area contributed by atoms with Crippen molar-refractivity contribution in [3.8, 4) is 0 Å². The van der Waals surface area contributed by atoms with Crippen molar-refractivity contribution in [2.24, 2.45) is 0 Å². The molecule has 4 aromatic rings. The van der Waals surface area contributed by atoms with Crippen LogP contribution in [0.2, 0.25) is 5.28 Å². The number of aliphatic hydroxyl groups excluding tert-OH is 2. The first-order valence-corrected chi connectivity index (χ1v) is 17.5. The number of hydrogen-bond donors (Lipinski definition) is 5. The Labute approximate surface area is 256 Å². The third-order valence-corrected chi connectivity index (χ3v) is 11.6. The zero-order chi connectivity index (χ0) is 31.4. The van der Waals surface area contributed by atoms with E-state index in [4.69, 9.17) is 30.6 Å². The summed E-state index contributed by atoms with van der Waals surface area (Å²) in [5, 5.41) is 21.3. The van der Waals surface area contributed by atoms with Crippen molar-refractivity contribution in [3.05, 3.63) is 82.9 Å². The average molecular weight is 666 g/mol. The van der Waals surface area contributed by atoms with Crippen LogP contribution in [0.25, 0.3) is 11.2 Å². The molecule has 0 saturated carbocycles. The summed E-state index contributed by atoms with van der Waals surface area (Å²) < 4.78 is 35.1. The molecule has 4 heterocycles. The van der Waals surface area contributed by atoms with E-state index in [0.29, 0.717) is 24.4 Å². The maximum atomic E-state index is 12.1. The predicted molar refractivity (Wildman–Crippen MR) is 160 cm³/mol. The molecule has 2 aliphatic heterocycles. The topological polar surface area (TPSA) is 201 Å². The van der Waals surface area contributed by atoms with E-state index in [0.717, 1.165) is 16.7 Å². The largest absolute Gasteiger partial charge is 0.387 e. The third-order valence-electron chi connectivity index (χ3n) is 7.94. The molecule has 2 aromatic carbocycles. The number of hydrogen-bond acceptors (Lipinski definition) is 10. The van der Waals surface area contributed by atoms with Gasteiger partial charge >= 0.3 is 15.2 Å². The van der Waals surface area contributed by atoms with Crippen LogP contribution < -0.4 is 4.90 Å². The van der Waals surface area contributed by atoms with Gasteiger partial charge in [-0.2, -0.15) is 9.97 Å². The van der Waals surface area contributed by atoms with E-state index >= 15 is 0 Å². The molecule has 2 aromatic heterocycles. The second-order valence-electron chi connectivity index (χ2n) is 11.1. The van der Waals surface area contributed by atoms with Gasteiger partial charge in [0, 0.05) is 13.1 Å². The number of aliphatic hydroxyl groups is 2. The average Bonchev–Trinajstić information content (AvgIpc) is 3.47.